The molecule has 0 spiro atoms. The molecule has 110 valence electrons. The normalized spacial score (nSPS) is 20.0. The Balaban J connectivity index is 2.44. The minimum Gasteiger partial charge on any atom is -0.365 e. The first-order valence-corrected chi connectivity index (χ1v) is 6.15. The molecule has 0 saturated carbocycles. The van der Waals surface area contributed by atoms with E-state index in [1.807, 2.05) is 6.92 Å². The number of rotatable bonds is 2. The Kier molecular flexibility index (Phi) is 3.85. The lowest BCUT2D eigenvalue weighted by Crippen LogP contribution is -2.50. The molecule has 0 bridgehead atoms. The molecule has 2 rings (SSSR count). The molecule has 5 nitrogen and oxygen atoms in total. The summed E-state index contributed by atoms with van der Waals surface area (Å²) in [6.07, 6.45) is -4.55. The predicted octanol–water partition coefficient (Wildman–Crippen LogP) is 0.997. The maximum atomic E-state index is 12.7. The lowest BCUT2D eigenvalue weighted by atomic mass is 10.1. The number of amides is 1. The fraction of sp³-hybridized carbons (Fsp3) is 0.500. The van der Waals surface area contributed by atoms with Gasteiger partial charge in [-0.15, -0.1) is 0 Å². The summed E-state index contributed by atoms with van der Waals surface area (Å²) in [5.41, 5.74) is 4.19. The van der Waals surface area contributed by atoms with Gasteiger partial charge in [0.15, 0.2) is 0 Å². The molecule has 1 fully saturated rings. The van der Waals surface area contributed by atoms with Crippen LogP contribution in [0.2, 0.25) is 0 Å². The van der Waals surface area contributed by atoms with Crippen LogP contribution in [-0.4, -0.2) is 36.6 Å². The van der Waals surface area contributed by atoms with E-state index in [0.29, 0.717) is 19.6 Å². The third kappa shape index (κ3) is 3.01. The summed E-state index contributed by atoms with van der Waals surface area (Å²) in [6, 6.07) is 1.95. The number of nitrogens with zero attached hydrogens (tertiary/aromatic N) is 2. The average molecular weight is 288 g/mol. The second kappa shape index (κ2) is 5.28. The molecule has 8 heteroatoms. The number of pyridine rings is 1. The first-order valence-electron chi connectivity index (χ1n) is 6.15. The summed E-state index contributed by atoms with van der Waals surface area (Å²) in [4.78, 5) is 16.6. The fourth-order valence-corrected chi connectivity index (χ4v) is 2.16. The third-order valence-corrected chi connectivity index (χ3v) is 3.10. The third-order valence-electron chi connectivity index (χ3n) is 3.10. The number of anilines is 1. The van der Waals surface area contributed by atoms with Gasteiger partial charge in [0.05, 0.1) is 5.56 Å². The molecule has 1 amide bonds. The lowest BCUT2D eigenvalue weighted by Gasteiger charge is -2.33. The summed E-state index contributed by atoms with van der Waals surface area (Å²) < 4.78 is 38.2. The van der Waals surface area contributed by atoms with Crippen LogP contribution in [0, 0.1) is 0 Å². The van der Waals surface area contributed by atoms with Crippen LogP contribution in [0.3, 0.4) is 0 Å². The topological polar surface area (TPSA) is 71.2 Å². The molecule has 1 aliphatic heterocycles. The van der Waals surface area contributed by atoms with Gasteiger partial charge in [0.2, 0.25) is 0 Å². The van der Waals surface area contributed by atoms with Crippen molar-refractivity contribution >= 4 is 11.7 Å². The first kappa shape index (κ1) is 14.6. The van der Waals surface area contributed by atoms with Gasteiger partial charge in [-0.2, -0.15) is 13.2 Å². The van der Waals surface area contributed by atoms with Gasteiger partial charge in [-0.05, 0) is 19.1 Å². The Morgan fingerprint density at radius 3 is 2.75 bits per heavy atom. The van der Waals surface area contributed by atoms with Crippen LogP contribution in [0.5, 0.6) is 0 Å². The van der Waals surface area contributed by atoms with E-state index in [1.54, 1.807) is 4.90 Å². The highest BCUT2D eigenvalue weighted by molar-refractivity contribution is 5.97. The van der Waals surface area contributed by atoms with E-state index in [1.165, 1.54) is 0 Å². The average Bonchev–Trinajstić information content (AvgIpc) is 2.37. The summed E-state index contributed by atoms with van der Waals surface area (Å²) in [5.74, 6) is -0.784. The summed E-state index contributed by atoms with van der Waals surface area (Å²) in [6.45, 7) is 3.45. The summed E-state index contributed by atoms with van der Waals surface area (Å²) in [5, 5.41) is 3.17. The summed E-state index contributed by atoms with van der Waals surface area (Å²) >= 11 is 0. The summed E-state index contributed by atoms with van der Waals surface area (Å²) in [7, 11) is 0. The molecule has 3 N–H and O–H groups in total. The maximum absolute atomic E-state index is 12.7. The highest BCUT2D eigenvalue weighted by atomic mass is 19.4. The highest BCUT2D eigenvalue weighted by Gasteiger charge is 2.34. The van der Waals surface area contributed by atoms with Gasteiger partial charge in [-0.25, -0.2) is 4.98 Å². The largest absolute Gasteiger partial charge is 0.433 e. The predicted molar refractivity (Wildman–Crippen MR) is 67.4 cm³/mol. The first-order chi connectivity index (χ1) is 9.29. The molecule has 1 aromatic rings. The SMILES string of the molecule is C[C@H]1CN(c2nc(C(F)(F)F)ccc2C(N)=O)CCN1. The van der Waals surface area contributed by atoms with Gasteiger partial charge in [0.1, 0.15) is 11.5 Å². The van der Waals surface area contributed by atoms with Crippen LogP contribution in [0.25, 0.3) is 0 Å². The minimum atomic E-state index is -4.55. The Bertz CT molecular complexity index is 518. The van der Waals surface area contributed by atoms with Crippen LogP contribution in [0.1, 0.15) is 23.0 Å². The Morgan fingerprint density at radius 1 is 1.50 bits per heavy atom. The number of hydrogen-bond acceptors (Lipinski definition) is 4. The molecule has 1 atom stereocenters. The van der Waals surface area contributed by atoms with E-state index in [-0.39, 0.29) is 17.4 Å². The number of aromatic nitrogens is 1. The van der Waals surface area contributed by atoms with Crippen molar-refractivity contribution in [1.82, 2.24) is 10.3 Å². The number of piperazine rings is 1. The van der Waals surface area contributed by atoms with Crippen LogP contribution in [-0.2, 0) is 6.18 Å². The Labute approximate surface area is 114 Å². The van der Waals surface area contributed by atoms with Crippen molar-refractivity contribution in [2.24, 2.45) is 5.73 Å². The second-order valence-corrected chi connectivity index (χ2v) is 4.73. The standard InChI is InChI=1S/C12H15F3N4O/c1-7-6-19(5-4-17-7)11-8(10(16)20)2-3-9(18-11)12(13,14)15/h2-3,7,17H,4-6H2,1H3,(H2,16,20)/t7-/m0/s1. The minimum absolute atomic E-state index is 0.000625. The van der Waals surface area contributed by atoms with Crippen LogP contribution in [0.4, 0.5) is 19.0 Å². The van der Waals surface area contributed by atoms with Crippen molar-refractivity contribution in [3.63, 3.8) is 0 Å². The Hall–Kier alpha value is -1.83. The fourth-order valence-electron chi connectivity index (χ4n) is 2.16. The highest BCUT2D eigenvalue weighted by Crippen LogP contribution is 2.30. The zero-order chi connectivity index (χ0) is 14.9. The number of nitrogens with two attached hydrogens (primary N) is 1. The molecule has 0 unspecified atom stereocenters. The second-order valence-electron chi connectivity index (χ2n) is 4.73. The zero-order valence-corrected chi connectivity index (χ0v) is 10.9. The zero-order valence-electron chi connectivity index (χ0n) is 10.9. The van der Waals surface area contributed by atoms with E-state index in [9.17, 15) is 18.0 Å². The van der Waals surface area contributed by atoms with Gasteiger partial charge in [0.25, 0.3) is 5.91 Å². The van der Waals surface area contributed by atoms with Gasteiger partial charge in [-0.3, -0.25) is 4.79 Å². The molecule has 2 heterocycles. The number of alkyl halides is 3. The molecule has 0 aliphatic carbocycles. The van der Waals surface area contributed by atoms with Crippen molar-refractivity contribution in [1.29, 1.82) is 0 Å². The van der Waals surface area contributed by atoms with Gasteiger partial charge >= 0.3 is 6.18 Å². The van der Waals surface area contributed by atoms with E-state index >= 15 is 0 Å². The molecular weight excluding hydrogens is 273 g/mol. The van der Waals surface area contributed by atoms with Crippen molar-refractivity contribution < 1.29 is 18.0 Å². The smallest absolute Gasteiger partial charge is 0.365 e. The van der Waals surface area contributed by atoms with E-state index < -0.39 is 17.8 Å². The molecule has 1 aromatic heterocycles. The number of carbonyl (C=O) groups is 1. The van der Waals surface area contributed by atoms with Crippen LogP contribution >= 0.6 is 0 Å². The quantitative estimate of drug-likeness (QED) is 0.851. The molecule has 0 radical (unpaired) electrons. The lowest BCUT2D eigenvalue weighted by molar-refractivity contribution is -0.141. The van der Waals surface area contributed by atoms with Crippen LogP contribution in [0.15, 0.2) is 12.1 Å². The van der Waals surface area contributed by atoms with Gasteiger partial charge < -0.3 is 16.0 Å². The van der Waals surface area contributed by atoms with Crippen molar-refractivity contribution in [2.75, 3.05) is 24.5 Å². The molecule has 20 heavy (non-hydrogen) atoms. The van der Waals surface area contributed by atoms with E-state index in [4.69, 9.17) is 5.73 Å². The van der Waals surface area contributed by atoms with Crippen molar-refractivity contribution in [3.05, 3.63) is 23.4 Å². The van der Waals surface area contributed by atoms with Crippen LogP contribution < -0.4 is 16.0 Å². The van der Waals surface area contributed by atoms with Crippen molar-refractivity contribution in [3.8, 4) is 0 Å². The molecule has 1 aliphatic rings. The molecule has 0 aromatic carbocycles. The van der Waals surface area contributed by atoms with Crippen molar-refractivity contribution in [2.45, 2.75) is 19.1 Å². The number of hydrogen-bond donors (Lipinski definition) is 2. The molecule has 1 saturated heterocycles. The van der Waals surface area contributed by atoms with Gasteiger partial charge in [-0.1, -0.05) is 0 Å². The number of primary amides is 1. The number of nitrogens with one attached hydrogen (secondary N) is 1. The Morgan fingerprint density at radius 2 is 2.20 bits per heavy atom. The van der Waals surface area contributed by atoms with Gasteiger partial charge in [0, 0.05) is 25.7 Å². The number of carbonyl (C=O) groups excluding carboxylic acids is 1. The number of halogens is 3. The van der Waals surface area contributed by atoms with E-state index in [0.717, 1.165) is 12.1 Å². The monoisotopic (exact) mass is 288 g/mol. The molecular formula is C12H15F3N4O. The van der Waals surface area contributed by atoms with E-state index in [2.05, 4.69) is 10.3 Å². The maximum Gasteiger partial charge on any atom is 0.433 e.